The number of carbonyl (C=O) groups is 2. The lowest BCUT2D eigenvalue weighted by molar-refractivity contribution is -0.139. The largest absolute Gasteiger partial charge is 0.320 e. The monoisotopic (exact) mass is 326 g/mol. The van der Waals surface area contributed by atoms with Crippen molar-refractivity contribution in [2.45, 2.75) is 38.6 Å². The third kappa shape index (κ3) is 3.21. The molecule has 0 radical (unpaired) electrons. The highest BCUT2D eigenvalue weighted by atomic mass is 32.2. The average Bonchev–Trinajstić information content (AvgIpc) is 3.19. The van der Waals surface area contributed by atoms with Crippen LogP contribution in [0, 0.1) is 12.8 Å². The van der Waals surface area contributed by atoms with Gasteiger partial charge >= 0.3 is 0 Å². The van der Waals surface area contributed by atoms with Crippen LogP contribution in [0.3, 0.4) is 0 Å². The normalized spacial score (nSPS) is 22.7. The molecule has 1 unspecified atom stereocenters. The first kappa shape index (κ1) is 14.8. The van der Waals surface area contributed by atoms with E-state index in [4.69, 9.17) is 0 Å². The molecular formula is C13H18N4O2S2. The molecule has 1 aliphatic carbocycles. The molecule has 2 aliphatic rings. The maximum absolute atomic E-state index is 12.5. The summed E-state index contributed by atoms with van der Waals surface area (Å²) in [4.78, 5) is 26.6. The number of aromatic nitrogens is 2. The molecule has 1 aliphatic heterocycles. The lowest BCUT2D eigenvalue weighted by atomic mass is 10.1. The van der Waals surface area contributed by atoms with Crippen LogP contribution in [0.2, 0.25) is 0 Å². The van der Waals surface area contributed by atoms with Crippen molar-refractivity contribution in [1.82, 2.24) is 15.1 Å². The Morgan fingerprint density at radius 3 is 2.71 bits per heavy atom. The minimum atomic E-state index is -0.382. The predicted molar refractivity (Wildman–Crippen MR) is 83.2 cm³/mol. The lowest BCUT2D eigenvalue weighted by Gasteiger charge is -2.25. The lowest BCUT2D eigenvalue weighted by Crippen LogP contribution is -2.46. The van der Waals surface area contributed by atoms with E-state index in [0.717, 1.165) is 30.7 Å². The number of nitrogens with zero attached hydrogens (tertiary/aromatic N) is 3. The van der Waals surface area contributed by atoms with Crippen molar-refractivity contribution in [1.29, 1.82) is 0 Å². The van der Waals surface area contributed by atoms with Gasteiger partial charge < -0.3 is 4.90 Å². The first-order valence-corrected chi connectivity index (χ1v) is 9.11. The van der Waals surface area contributed by atoms with Gasteiger partial charge in [-0.1, -0.05) is 24.2 Å². The molecule has 1 N–H and O–H groups in total. The maximum Gasteiger partial charge on any atom is 0.249 e. The summed E-state index contributed by atoms with van der Waals surface area (Å²) in [5.74, 6) is 1.38. The minimum absolute atomic E-state index is 0.114. The standard InChI is InChI=1S/C13H18N4O2S2/c1-8-15-16-13(21-8)14-11(18)10-6-20-7-17(10)12(19)9-4-2-3-5-9/h9-10H,2-7H2,1H3,(H,14,16,18). The minimum Gasteiger partial charge on any atom is -0.320 e. The number of hydrogen-bond donors (Lipinski definition) is 1. The predicted octanol–water partition coefficient (Wildman–Crippen LogP) is 1.88. The van der Waals surface area contributed by atoms with E-state index in [2.05, 4.69) is 15.5 Å². The highest BCUT2D eigenvalue weighted by Crippen LogP contribution is 2.31. The summed E-state index contributed by atoms with van der Waals surface area (Å²) in [6.45, 7) is 1.84. The molecular weight excluding hydrogens is 308 g/mol. The summed E-state index contributed by atoms with van der Waals surface area (Å²) in [6, 6.07) is -0.382. The maximum atomic E-state index is 12.5. The van der Waals surface area contributed by atoms with Gasteiger partial charge in [0, 0.05) is 11.7 Å². The van der Waals surface area contributed by atoms with Crippen molar-refractivity contribution < 1.29 is 9.59 Å². The van der Waals surface area contributed by atoms with E-state index in [0.29, 0.717) is 16.8 Å². The van der Waals surface area contributed by atoms with Gasteiger partial charge in [-0.05, 0) is 19.8 Å². The van der Waals surface area contributed by atoms with E-state index in [1.54, 1.807) is 16.7 Å². The Morgan fingerprint density at radius 1 is 1.29 bits per heavy atom. The van der Waals surface area contributed by atoms with E-state index >= 15 is 0 Å². The van der Waals surface area contributed by atoms with Crippen LogP contribution < -0.4 is 5.32 Å². The summed E-state index contributed by atoms with van der Waals surface area (Å²) in [6.07, 6.45) is 4.17. The fourth-order valence-electron chi connectivity index (χ4n) is 2.82. The molecule has 1 saturated carbocycles. The van der Waals surface area contributed by atoms with Gasteiger partial charge in [-0.2, -0.15) is 0 Å². The number of carbonyl (C=O) groups excluding carboxylic acids is 2. The number of anilines is 1. The van der Waals surface area contributed by atoms with Gasteiger partial charge in [-0.25, -0.2) is 0 Å². The summed E-state index contributed by atoms with van der Waals surface area (Å²) in [5.41, 5.74) is 0. The fraction of sp³-hybridized carbons (Fsp3) is 0.692. The number of thioether (sulfide) groups is 1. The van der Waals surface area contributed by atoms with Crippen molar-refractivity contribution in [2.75, 3.05) is 16.9 Å². The molecule has 3 rings (SSSR count). The van der Waals surface area contributed by atoms with Crippen molar-refractivity contribution in [2.24, 2.45) is 5.92 Å². The molecule has 1 aromatic rings. The van der Waals surface area contributed by atoms with Gasteiger partial charge in [0.15, 0.2) is 0 Å². The highest BCUT2D eigenvalue weighted by Gasteiger charge is 2.38. The summed E-state index contributed by atoms with van der Waals surface area (Å²) in [7, 11) is 0. The van der Waals surface area contributed by atoms with Crippen LogP contribution in [0.25, 0.3) is 0 Å². The van der Waals surface area contributed by atoms with Crippen molar-refractivity contribution >= 4 is 40.0 Å². The molecule has 6 nitrogen and oxygen atoms in total. The topological polar surface area (TPSA) is 75.2 Å². The number of nitrogens with one attached hydrogen (secondary N) is 1. The zero-order valence-electron chi connectivity index (χ0n) is 11.9. The summed E-state index contributed by atoms with van der Waals surface area (Å²) in [5, 5.41) is 11.9. The van der Waals surface area contributed by atoms with E-state index < -0.39 is 0 Å². The Labute approximate surface area is 131 Å². The second-order valence-electron chi connectivity index (χ2n) is 5.42. The molecule has 2 heterocycles. The molecule has 114 valence electrons. The molecule has 21 heavy (non-hydrogen) atoms. The molecule has 1 aromatic heterocycles. The van der Waals surface area contributed by atoms with Gasteiger partial charge in [0.2, 0.25) is 16.9 Å². The van der Waals surface area contributed by atoms with Crippen molar-refractivity contribution in [3.05, 3.63) is 5.01 Å². The third-order valence-electron chi connectivity index (χ3n) is 3.93. The molecule has 1 saturated heterocycles. The average molecular weight is 326 g/mol. The molecule has 0 bridgehead atoms. The Balaban J connectivity index is 1.65. The van der Waals surface area contributed by atoms with Crippen molar-refractivity contribution in [3.63, 3.8) is 0 Å². The Bertz CT molecular complexity index is 542. The number of rotatable bonds is 3. The number of aryl methyl sites for hydroxylation is 1. The number of amides is 2. The smallest absolute Gasteiger partial charge is 0.249 e. The Hall–Kier alpha value is -1.15. The van der Waals surface area contributed by atoms with Crippen LogP contribution in [0.1, 0.15) is 30.7 Å². The van der Waals surface area contributed by atoms with Crippen molar-refractivity contribution in [3.8, 4) is 0 Å². The van der Waals surface area contributed by atoms with Gasteiger partial charge in [0.25, 0.3) is 0 Å². The highest BCUT2D eigenvalue weighted by molar-refractivity contribution is 7.99. The van der Waals surface area contributed by atoms with E-state index in [9.17, 15) is 9.59 Å². The van der Waals surface area contributed by atoms with Crippen LogP contribution in [-0.2, 0) is 9.59 Å². The van der Waals surface area contributed by atoms with Crippen LogP contribution >= 0.6 is 23.1 Å². The quantitative estimate of drug-likeness (QED) is 0.918. The Morgan fingerprint density at radius 2 is 2.05 bits per heavy atom. The first-order valence-electron chi connectivity index (χ1n) is 7.14. The van der Waals surface area contributed by atoms with E-state index in [-0.39, 0.29) is 23.8 Å². The molecule has 2 fully saturated rings. The Kier molecular flexibility index (Phi) is 4.44. The van der Waals surface area contributed by atoms with Crippen LogP contribution in [0.4, 0.5) is 5.13 Å². The fourth-order valence-corrected chi connectivity index (χ4v) is 4.58. The van der Waals surface area contributed by atoms with Gasteiger partial charge in [-0.3, -0.25) is 14.9 Å². The zero-order chi connectivity index (χ0) is 14.8. The molecule has 2 amide bonds. The SMILES string of the molecule is Cc1nnc(NC(=O)C2CSCN2C(=O)C2CCCC2)s1. The van der Waals surface area contributed by atoms with E-state index in [1.165, 1.54) is 11.3 Å². The first-order chi connectivity index (χ1) is 10.1. The van der Waals surface area contributed by atoms with Crippen LogP contribution in [-0.4, -0.2) is 44.6 Å². The van der Waals surface area contributed by atoms with Gasteiger partial charge in [0.1, 0.15) is 11.0 Å². The molecule has 0 aromatic carbocycles. The van der Waals surface area contributed by atoms with Crippen LogP contribution in [0.15, 0.2) is 0 Å². The van der Waals surface area contributed by atoms with Gasteiger partial charge in [0.05, 0.1) is 5.88 Å². The molecule has 0 spiro atoms. The molecule has 1 atom stereocenters. The zero-order valence-corrected chi connectivity index (χ0v) is 13.5. The van der Waals surface area contributed by atoms with Crippen LogP contribution in [0.5, 0.6) is 0 Å². The number of hydrogen-bond acceptors (Lipinski definition) is 6. The second-order valence-corrected chi connectivity index (χ2v) is 7.60. The second kappa shape index (κ2) is 6.31. The third-order valence-corrected chi connectivity index (χ3v) is 5.69. The van der Waals surface area contributed by atoms with E-state index in [1.807, 2.05) is 6.92 Å². The summed E-state index contributed by atoms with van der Waals surface area (Å²) < 4.78 is 0. The summed E-state index contributed by atoms with van der Waals surface area (Å²) >= 11 is 2.98. The molecule has 8 heteroatoms. The van der Waals surface area contributed by atoms with Gasteiger partial charge in [-0.15, -0.1) is 22.0 Å².